The van der Waals surface area contributed by atoms with Crippen molar-refractivity contribution in [1.29, 1.82) is 0 Å². The molecule has 0 amide bonds. The lowest BCUT2D eigenvalue weighted by atomic mass is 9.81. The summed E-state index contributed by atoms with van der Waals surface area (Å²) in [5.74, 6) is 1.61. The van der Waals surface area contributed by atoms with Crippen molar-refractivity contribution in [2.75, 3.05) is 6.54 Å². The molecule has 3 unspecified atom stereocenters. The molecular formula is C10H15N3O. The Balaban J connectivity index is 1.69. The molecule has 2 bridgehead atoms. The maximum atomic E-state index is 5.99. The Kier molecular flexibility index (Phi) is 1.69. The lowest BCUT2D eigenvalue weighted by Gasteiger charge is -2.33. The van der Waals surface area contributed by atoms with Gasteiger partial charge in [0.2, 0.25) is 0 Å². The zero-order valence-electron chi connectivity index (χ0n) is 8.31. The maximum absolute atomic E-state index is 5.99. The van der Waals surface area contributed by atoms with Crippen molar-refractivity contribution in [2.24, 2.45) is 11.7 Å². The standard InChI is InChI=1S/C10H15N3O/c1-6-2-8(12-14-6)5-13-4-7-3-9(13)10(7)11/h2,7,9-10H,3-5,11H2,1H3. The van der Waals surface area contributed by atoms with Gasteiger partial charge in [0.25, 0.3) is 0 Å². The SMILES string of the molecule is Cc1cc(CN2CC3CC2C3N)no1. The van der Waals surface area contributed by atoms with E-state index >= 15 is 0 Å². The number of aromatic nitrogens is 1. The van der Waals surface area contributed by atoms with Gasteiger partial charge < -0.3 is 10.3 Å². The van der Waals surface area contributed by atoms with Crippen molar-refractivity contribution in [2.45, 2.75) is 32.0 Å². The van der Waals surface area contributed by atoms with Crippen LogP contribution in [0.1, 0.15) is 17.9 Å². The number of nitrogens with two attached hydrogens (primary N) is 1. The summed E-state index contributed by atoms with van der Waals surface area (Å²) in [7, 11) is 0. The van der Waals surface area contributed by atoms with Gasteiger partial charge in [0.05, 0.1) is 5.69 Å². The largest absolute Gasteiger partial charge is 0.361 e. The Morgan fingerprint density at radius 3 is 3.07 bits per heavy atom. The highest BCUT2D eigenvalue weighted by molar-refractivity contribution is 5.10. The van der Waals surface area contributed by atoms with Crippen LogP contribution in [0.4, 0.5) is 0 Å². The van der Waals surface area contributed by atoms with Crippen LogP contribution >= 0.6 is 0 Å². The molecule has 1 aromatic heterocycles. The second-order valence-electron chi connectivity index (χ2n) is 4.50. The van der Waals surface area contributed by atoms with Gasteiger partial charge in [0, 0.05) is 31.2 Å². The molecule has 3 heterocycles. The van der Waals surface area contributed by atoms with E-state index in [0.717, 1.165) is 30.5 Å². The summed E-state index contributed by atoms with van der Waals surface area (Å²) < 4.78 is 5.04. The molecule has 0 aromatic carbocycles. The summed E-state index contributed by atoms with van der Waals surface area (Å²) in [5.41, 5.74) is 7.02. The van der Waals surface area contributed by atoms with Gasteiger partial charge in [-0.05, 0) is 19.3 Å². The molecule has 76 valence electrons. The Hall–Kier alpha value is -0.870. The number of hydrogen-bond donors (Lipinski definition) is 1. The Bertz CT molecular complexity index is 349. The van der Waals surface area contributed by atoms with Crippen LogP contribution in [0.25, 0.3) is 0 Å². The van der Waals surface area contributed by atoms with Gasteiger partial charge in [0.1, 0.15) is 5.76 Å². The molecule has 2 N–H and O–H groups in total. The van der Waals surface area contributed by atoms with Gasteiger partial charge in [-0.1, -0.05) is 5.16 Å². The summed E-state index contributed by atoms with van der Waals surface area (Å²) in [6, 6.07) is 3.00. The number of fused-ring (bicyclic) bond motifs is 1. The quantitative estimate of drug-likeness (QED) is 0.743. The lowest BCUT2D eigenvalue weighted by Crippen LogP contribution is -2.49. The van der Waals surface area contributed by atoms with E-state index in [0.29, 0.717) is 12.1 Å². The predicted molar refractivity (Wildman–Crippen MR) is 51.5 cm³/mol. The number of hydrogen-bond acceptors (Lipinski definition) is 4. The zero-order valence-corrected chi connectivity index (χ0v) is 8.31. The van der Waals surface area contributed by atoms with Crippen LogP contribution in [0.3, 0.4) is 0 Å². The highest BCUT2D eigenvalue weighted by Gasteiger charge is 2.49. The minimum atomic E-state index is 0.406. The average molecular weight is 193 g/mol. The van der Waals surface area contributed by atoms with Crippen LogP contribution in [0.2, 0.25) is 0 Å². The lowest BCUT2D eigenvalue weighted by molar-refractivity contribution is 0.204. The second kappa shape index (κ2) is 2.81. The molecule has 3 aliphatic rings. The molecular weight excluding hydrogens is 178 g/mol. The molecule has 1 aromatic rings. The van der Waals surface area contributed by atoms with E-state index in [-0.39, 0.29) is 0 Å². The van der Waals surface area contributed by atoms with E-state index in [4.69, 9.17) is 10.3 Å². The summed E-state index contributed by atoms with van der Waals surface area (Å²) >= 11 is 0. The molecule has 1 aliphatic carbocycles. The van der Waals surface area contributed by atoms with E-state index < -0.39 is 0 Å². The van der Waals surface area contributed by atoms with Crippen molar-refractivity contribution in [1.82, 2.24) is 10.1 Å². The Morgan fingerprint density at radius 1 is 1.71 bits per heavy atom. The van der Waals surface area contributed by atoms with Gasteiger partial charge >= 0.3 is 0 Å². The smallest absolute Gasteiger partial charge is 0.133 e. The van der Waals surface area contributed by atoms with Gasteiger partial charge in [-0.15, -0.1) is 0 Å². The van der Waals surface area contributed by atoms with Crippen LogP contribution in [0.5, 0.6) is 0 Å². The van der Waals surface area contributed by atoms with Gasteiger partial charge in [-0.3, -0.25) is 4.90 Å². The van der Waals surface area contributed by atoms with Gasteiger partial charge in [0.15, 0.2) is 0 Å². The molecule has 4 nitrogen and oxygen atoms in total. The first kappa shape index (κ1) is 8.44. The molecule has 3 fully saturated rings. The van der Waals surface area contributed by atoms with Gasteiger partial charge in [-0.2, -0.15) is 0 Å². The molecule has 4 rings (SSSR count). The maximum Gasteiger partial charge on any atom is 0.133 e. The third-order valence-corrected chi connectivity index (χ3v) is 3.51. The average Bonchev–Trinajstić information content (AvgIpc) is 2.79. The summed E-state index contributed by atoms with van der Waals surface area (Å²) in [5, 5.41) is 4.00. The molecule has 14 heavy (non-hydrogen) atoms. The minimum absolute atomic E-state index is 0.406. The third kappa shape index (κ3) is 1.11. The van der Waals surface area contributed by atoms with Crippen LogP contribution < -0.4 is 5.73 Å². The van der Waals surface area contributed by atoms with Crippen molar-refractivity contribution in [3.63, 3.8) is 0 Å². The Labute approximate surface area is 83.0 Å². The van der Waals surface area contributed by atoms with Crippen molar-refractivity contribution in [3.8, 4) is 0 Å². The highest BCUT2D eigenvalue weighted by atomic mass is 16.5. The minimum Gasteiger partial charge on any atom is -0.361 e. The highest BCUT2D eigenvalue weighted by Crippen LogP contribution is 2.40. The molecule has 4 heteroatoms. The van der Waals surface area contributed by atoms with E-state index in [1.54, 1.807) is 0 Å². The summed E-state index contributed by atoms with van der Waals surface area (Å²) in [6.07, 6.45) is 1.28. The topological polar surface area (TPSA) is 55.3 Å². The normalized spacial score (nSPS) is 36.0. The van der Waals surface area contributed by atoms with Crippen molar-refractivity contribution < 1.29 is 4.52 Å². The Morgan fingerprint density at radius 2 is 2.57 bits per heavy atom. The van der Waals surface area contributed by atoms with Crippen LogP contribution in [-0.2, 0) is 6.54 Å². The molecule has 2 saturated heterocycles. The van der Waals surface area contributed by atoms with E-state index in [9.17, 15) is 0 Å². The first-order valence-corrected chi connectivity index (χ1v) is 5.16. The fraction of sp³-hybridized carbons (Fsp3) is 0.700. The van der Waals surface area contributed by atoms with E-state index in [2.05, 4.69) is 10.1 Å². The first-order chi connectivity index (χ1) is 6.74. The van der Waals surface area contributed by atoms with Crippen molar-refractivity contribution >= 4 is 0 Å². The van der Waals surface area contributed by atoms with Gasteiger partial charge in [-0.25, -0.2) is 0 Å². The summed E-state index contributed by atoms with van der Waals surface area (Å²) in [4.78, 5) is 2.42. The third-order valence-electron chi connectivity index (χ3n) is 3.51. The molecule has 1 saturated carbocycles. The predicted octanol–water partition coefficient (Wildman–Crippen LogP) is 0.514. The van der Waals surface area contributed by atoms with E-state index in [1.807, 2.05) is 13.0 Å². The molecule has 2 aliphatic heterocycles. The van der Waals surface area contributed by atoms with E-state index in [1.165, 1.54) is 6.42 Å². The summed E-state index contributed by atoms with van der Waals surface area (Å²) in [6.45, 7) is 3.95. The van der Waals surface area contributed by atoms with Crippen molar-refractivity contribution in [3.05, 3.63) is 17.5 Å². The number of rotatable bonds is 2. The molecule has 0 radical (unpaired) electrons. The fourth-order valence-corrected chi connectivity index (χ4v) is 2.65. The first-order valence-electron chi connectivity index (χ1n) is 5.16. The van der Waals surface area contributed by atoms with Crippen LogP contribution in [0, 0.1) is 12.8 Å². The van der Waals surface area contributed by atoms with Crippen LogP contribution in [-0.4, -0.2) is 28.7 Å². The number of aryl methyl sites for hydroxylation is 1. The monoisotopic (exact) mass is 193 g/mol. The second-order valence-corrected chi connectivity index (χ2v) is 4.50. The fourth-order valence-electron chi connectivity index (χ4n) is 2.65. The molecule has 3 atom stereocenters. The number of nitrogens with zero attached hydrogens (tertiary/aromatic N) is 2. The zero-order chi connectivity index (χ0) is 9.71. The molecule has 0 spiro atoms. The van der Waals surface area contributed by atoms with Crippen LogP contribution in [0.15, 0.2) is 10.6 Å².